The van der Waals surface area contributed by atoms with Crippen LogP contribution in [0.1, 0.15) is 39.8 Å². The molecule has 4 rings (SSSR count). The monoisotopic (exact) mass is 294 g/mol. The number of thiophene rings is 1. The summed E-state index contributed by atoms with van der Waals surface area (Å²) in [5.74, 6) is 0. The summed E-state index contributed by atoms with van der Waals surface area (Å²) >= 11 is 1.79. The summed E-state index contributed by atoms with van der Waals surface area (Å²) in [6, 6.07) is 16.8. The molecule has 0 saturated carbocycles. The average molecular weight is 294 g/mol. The van der Waals surface area contributed by atoms with E-state index in [1.54, 1.807) is 11.3 Å². The number of aliphatic hydroxyl groups is 1. The van der Waals surface area contributed by atoms with Gasteiger partial charge in [0.05, 0.1) is 0 Å². The maximum atomic E-state index is 10.7. The van der Waals surface area contributed by atoms with E-state index in [0.29, 0.717) is 0 Å². The lowest BCUT2D eigenvalue weighted by Crippen LogP contribution is -1.97. The third-order valence-corrected chi connectivity index (χ3v) is 5.66. The number of aliphatic hydroxyl groups excluding tert-OH is 1. The van der Waals surface area contributed by atoms with Crippen molar-refractivity contribution in [2.75, 3.05) is 0 Å². The van der Waals surface area contributed by atoms with Gasteiger partial charge in [0.2, 0.25) is 0 Å². The summed E-state index contributed by atoms with van der Waals surface area (Å²) in [4.78, 5) is 2.58. The van der Waals surface area contributed by atoms with Gasteiger partial charge in [-0.05, 0) is 59.7 Å². The van der Waals surface area contributed by atoms with Crippen molar-refractivity contribution < 1.29 is 5.11 Å². The van der Waals surface area contributed by atoms with Crippen molar-refractivity contribution in [3.63, 3.8) is 0 Å². The average Bonchev–Trinajstić information content (AvgIpc) is 2.97. The third kappa shape index (κ3) is 2.39. The van der Waals surface area contributed by atoms with Gasteiger partial charge in [-0.2, -0.15) is 0 Å². The van der Waals surface area contributed by atoms with E-state index in [1.165, 1.54) is 46.9 Å². The fourth-order valence-electron chi connectivity index (χ4n) is 3.19. The molecule has 106 valence electrons. The molecular weight excluding hydrogens is 276 g/mol. The topological polar surface area (TPSA) is 20.2 Å². The van der Waals surface area contributed by atoms with Gasteiger partial charge in [-0.3, -0.25) is 0 Å². The van der Waals surface area contributed by atoms with Crippen LogP contribution in [0.15, 0.2) is 48.5 Å². The summed E-state index contributed by atoms with van der Waals surface area (Å²) in [6.45, 7) is 0. The minimum absolute atomic E-state index is 0.495. The van der Waals surface area contributed by atoms with E-state index in [4.69, 9.17) is 0 Å². The van der Waals surface area contributed by atoms with Crippen LogP contribution in [-0.2, 0) is 12.8 Å². The number of rotatable bonds is 2. The zero-order chi connectivity index (χ0) is 14.2. The molecule has 1 heterocycles. The van der Waals surface area contributed by atoms with Gasteiger partial charge in [-0.1, -0.05) is 36.4 Å². The summed E-state index contributed by atoms with van der Waals surface area (Å²) < 4.78 is 0. The third-order valence-electron chi connectivity index (χ3n) is 4.37. The second-order valence-electron chi connectivity index (χ2n) is 5.81. The molecule has 3 aromatic rings. The van der Waals surface area contributed by atoms with Crippen LogP contribution in [0.25, 0.3) is 10.8 Å². The van der Waals surface area contributed by atoms with Gasteiger partial charge in [-0.25, -0.2) is 0 Å². The predicted octanol–water partition coefficient (Wildman–Crippen LogP) is 4.86. The smallest absolute Gasteiger partial charge is 0.113 e. The van der Waals surface area contributed by atoms with E-state index >= 15 is 0 Å². The molecule has 0 radical (unpaired) electrons. The maximum Gasteiger partial charge on any atom is 0.113 e. The second kappa shape index (κ2) is 5.28. The molecule has 1 atom stereocenters. The zero-order valence-electron chi connectivity index (χ0n) is 11.9. The van der Waals surface area contributed by atoms with Gasteiger partial charge in [0.1, 0.15) is 6.10 Å². The van der Waals surface area contributed by atoms with Crippen molar-refractivity contribution in [2.24, 2.45) is 0 Å². The first-order valence-electron chi connectivity index (χ1n) is 7.59. The molecular formula is C19H18OS. The van der Waals surface area contributed by atoms with Crippen LogP contribution in [0, 0.1) is 0 Å². The van der Waals surface area contributed by atoms with Crippen molar-refractivity contribution >= 4 is 22.1 Å². The van der Waals surface area contributed by atoms with Crippen molar-refractivity contribution in [1.29, 1.82) is 0 Å². The fourth-order valence-corrected chi connectivity index (χ4v) is 4.46. The highest BCUT2D eigenvalue weighted by molar-refractivity contribution is 7.12. The van der Waals surface area contributed by atoms with Gasteiger partial charge in [-0.15, -0.1) is 11.3 Å². The van der Waals surface area contributed by atoms with Crippen molar-refractivity contribution in [3.05, 3.63) is 69.4 Å². The standard InChI is InChI=1S/C19H18OS/c20-19(18-12-15-7-3-4-8-17(15)21-18)16-10-9-13-5-1-2-6-14(13)11-16/h1-2,5-6,9-12,19-20H,3-4,7-8H2. The van der Waals surface area contributed by atoms with E-state index in [0.717, 1.165) is 10.4 Å². The molecule has 1 unspecified atom stereocenters. The molecule has 1 aliphatic carbocycles. The van der Waals surface area contributed by atoms with Crippen molar-refractivity contribution in [2.45, 2.75) is 31.8 Å². The van der Waals surface area contributed by atoms with E-state index in [1.807, 2.05) is 18.2 Å². The molecule has 1 aromatic heterocycles. The highest BCUT2D eigenvalue weighted by Gasteiger charge is 2.18. The number of hydrogen-bond donors (Lipinski definition) is 1. The van der Waals surface area contributed by atoms with Crippen LogP contribution < -0.4 is 0 Å². The molecule has 0 fully saturated rings. The summed E-state index contributed by atoms with van der Waals surface area (Å²) in [5.41, 5.74) is 2.45. The van der Waals surface area contributed by atoms with Crippen molar-refractivity contribution in [1.82, 2.24) is 0 Å². The van der Waals surface area contributed by atoms with Gasteiger partial charge in [0, 0.05) is 9.75 Å². The number of fused-ring (bicyclic) bond motifs is 2. The molecule has 1 aliphatic rings. The SMILES string of the molecule is OC(c1ccc2ccccc2c1)c1cc2c(s1)CCCC2. The Labute approximate surface area is 128 Å². The first-order valence-corrected chi connectivity index (χ1v) is 8.41. The van der Waals surface area contributed by atoms with Gasteiger partial charge in [0.15, 0.2) is 0 Å². The zero-order valence-corrected chi connectivity index (χ0v) is 12.7. The highest BCUT2D eigenvalue weighted by atomic mass is 32.1. The van der Waals surface area contributed by atoms with Crippen LogP contribution in [0.4, 0.5) is 0 Å². The second-order valence-corrected chi connectivity index (χ2v) is 6.98. The Kier molecular flexibility index (Phi) is 3.28. The van der Waals surface area contributed by atoms with Gasteiger partial charge in [0.25, 0.3) is 0 Å². The molecule has 0 bridgehead atoms. The Morgan fingerprint density at radius 2 is 1.71 bits per heavy atom. The molecule has 2 aromatic carbocycles. The maximum absolute atomic E-state index is 10.7. The van der Waals surface area contributed by atoms with Crippen LogP contribution >= 0.6 is 11.3 Å². The molecule has 21 heavy (non-hydrogen) atoms. The number of hydrogen-bond acceptors (Lipinski definition) is 2. The Balaban J connectivity index is 1.71. The lowest BCUT2D eigenvalue weighted by molar-refractivity contribution is 0.224. The molecule has 1 N–H and O–H groups in total. The number of benzene rings is 2. The summed E-state index contributed by atoms with van der Waals surface area (Å²) in [5, 5.41) is 13.1. The normalized spacial score (nSPS) is 15.9. The van der Waals surface area contributed by atoms with Crippen LogP contribution in [0.2, 0.25) is 0 Å². The molecule has 0 amide bonds. The minimum Gasteiger partial charge on any atom is -0.383 e. The Morgan fingerprint density at radius 3 is 2.57 bits per heavy atom. The van der Waals surface area contributed by atoms with Crippen LogP contribution in [0.3, 0.4) is 0 Å². The van der Waals surface area contributed by atoms with E-state index in [9.17, 15) is 5.11 Å². The fraction of sp³-hybridized carbons (Fsp3) is 0.263. The first-order chi connectivity index (χ1) is 10.3. The molecule has 2 heteroatoms. The van der Waals surface area contributed by atoms with E-state index < -0.39 is 6.10 Å². The van der Waals surface area contributed by atoms with Gasteiger partial charge >= 0.3 is 0 Å². The summed E-state index contributed by atoms with van der Waals surface area (Å²) in [7, 11) is 0. The van der Waals surface area contributed by atoms with E-state index in [2.05, 4.69) is 30.3 Å². The predicted molar refractivity (Wildman–Crippen MR) is 89.0 cm³/mol. The number of aryl methyl sites for hydroxylation is 2. The highest BCUT2D eigenvalue weighted by Crippen LogP contribution is 2.35. The lowest BCUT2D eigenvalue weighted by atomic mass is 9.98. The molecule has 0 saturated heterocycles. The Bertz CT molecular complexity index is 764. The Morgan fingerprint density at radius 1 is 0.905 bits per heavy atom. The largest absolute Gasteiger partial charge is 0.383 e. The quantitative estimate of drug-likeness (QED) is 0.715. The van der Waals surface area contributed by atoms with Gasteiger partial charge < -0.3 is 5.11 Å². The van der Waals surface area contributed by atoms with E-state index in [-0.39, 0.29) is 0 Å². The molecule has 1 nitrogen and oxygen atoms in total. The van der Waals surface area contributed by atoms with Crippen LogP contribution in [0.5, 0.6) is 0 Å². The van der Waals surface area contributed by atoms with Crippen molar-refractivity contribution in [3.8, 4) is 0 Å². The molecule has 0 aliphatic heterocycles. The van der Waals surface area contributed by atoms with Crippen LogP contribution in [-0.4, -0.2) is 5.11 Å². The first kappa shape index (κ1) is 13.1. The lowest BCUT2D eigenvalue weighted by Gasteiger charge is -2.10. The summed E-state index contributed by atoms with van der Waals surface area (Å²) in [6.07, 6.45) is 4.44. The Hall–Kier alpha value is -1.64. The molecule has 0 spiro atoms. The minimum atomic E-state index is -0.495.